The van der Waals surface area contributed by atoms with Gasteiger partial charge in [-0.3, -0.25) is 14.3 Å². The van der Waals surface area contributed by atoms with E-state index in [0.717, 1.165) is 11.3 Å². The largest absolute Gasteiger partial charge is 0.493 e. The van der Waals surface area contributed by atoms with Crippen molar-refractivity contribution in [3.8, 4) is 17.2 Å². The molecule has 0 aliphatic heterocycles. The monoisotopic (exact) mass is 419 g/mol. The number of hydrogen-bond donors (Lipinski definition) is 1. The minimum atomic E-state index is -0.406. The van der Waals surface area contributed by atoms with Crippen LogP contribution in [0.3, 0.4) is 0 Å². The Morgan fingerprint density at radius 1 is 1.16 bits per heavy atom. The fourth-order valence-corrected chi connectivity index (χ4v) is 3.10. The van der Waals surface area contributed by atoms with Crippen LogP contribution in [0.2, 0.25) is 0 Å². The predicted molar refractivity (Wildman–Crippen MR) is 122 cm³/mol. The van der Waals surface area contributed by atoms with Crippen LogP contribution in [0.5, 0.6) is 11.5 Å². The van der Waals surface area contributed by atoms with Gasteiger partial charge in [0.2, 0.25) is 5.91 Å². The lowest BCUT2D eigenvalue weighted by Gasteiger charge is -2.09. The number of para-hydroxylation sites is 1. The Hall–Kier alpha value is -4.00. The number of ether oxygens (including phenoxy) is 2. The normalized spacial score (nSPS) is 10.8. The summed E-state index contributed by atoms with van der Waals surface area (Å²) in [5, 5.41) is 2.70. The summed E-state index contributed by atoms with van der Waals surface area (Å²) >= 11 is 0. The molecule has 7 nitrogen and oxygen atoms in total. The molecule has 1 N–H and O–H groups in total. The van der Waals surface area contributed by atoms with E-state index in [2.05, 4.69) is 11.9 Å². The molecule has 1 amide bonds. The molecule has 0 atom stereocenters. The molecule has 0 aliphatic carbocycles. The third-order valence-electron chi connectivity index (χ3n) is 4.77. The molecule has 1 heterocycles. The average molecular weight is 419 g/mol. The molecule has 0 fully saturated rings. The molecule has 2 aromatic carbocycles. The van der Waals surface area contributed by atoms with Crippen molar-refractivity contribution in [2.75, 3.05) is 19.0 Å². The first-order valence-electron chi connectivity index (χ1n) is 9.71. The Balaban J connectivity index is 1.79. The summed E-state index contributed by atoms with van der Waals surface area (Å²) in [6.07, 6.45) is 4.66. The highest BCUT2D eigenvalue weighted by Crippen LogP contribution is 2.28. The van der Waals surface area contributed by atoms with Crippen LogP contribution in [-0.4, -0.2) is 29.0 Å². The van der Waals surface area contributed by atoms with Crippen LogP contribution in [0.4, 0.5) is 5.69 Å². The second kappa shape index (κ2) is 9.67. The number of methoxy groups -OCH3 is 1. The van der Waals surface area contributed by atoms with Crippen molar-refractivity contribution in [2.45, 2.75) is 6.92 Å². The molecule has 0 saturated heterocycles. The number of anilines is 1. The molecule has 1 aromatic heterocycles. The SMILES string of the molecule is C=CCOc1ccc(/C=C/C(=O)Nc2c(C)n(C)n(-c3ccccc3)c2=O)cc1OC. The van der Waals surface area contributed by atoms with Gasteiger partial charge in [0, 0.05) is 13.1 Å². The Morgan fingerprint density at radius 2 is 1.90 bits per heavy atom. The molecule has 0 radical (unpaired) electrons. The lowest BCUT2D eigenvalue weighted by molar-refractivity contribution is -0.111. The van der Waals surface area contributed by atoms with Crippen molar-refractivity contribution in [1.82, 2.24) is 9.36 Å². The second-order valence-electron chi connectivity index (χ2n) is 6.77. The number of nitrogens with one attached hydrogen (secondary N) is 1. The maximum Gasteiger partial charge on any atom is 0.295 e. The van der Waals surface area contributed by atoms with Crippen LogP contribution in [0.1, 0.15) is 11.3 Å². The van der Waals surface area contributed by atoms with Gasteiger partial charge in [0.15, 0.2) is 11.5 Å². The average Bonchev–Trinajstić information content (AvgIpc) is 3.00. The third-order valence-corrected chi connectivity index (χ3v) is 4.77. The Bertz CT molecular complexity index is 1170. The molecular formula is C24H25N3O4. The fourth-order valence-electron chi connectivity index (χ4n) is 3.10. The number of carbonyl (C=O) groups is 1. The number of carbonyl (C=O) groups excluding carboxylic acids is 1. The molecule has 0 unspecified atom stereocenters. The number of rotatable bonds is 8. The van der Waals surface area contributed by atoms with Crippen LogP contribution in [0.25, 0.3) is 11.8 Å². The molecule has 0 spiro atoms. The highest BCUT2D eigenvalue weighted by molar-refractivity contribution is 6.02. The van der Waals surface area contributed by atoms with Gasteiger partial charge >= 0.3 is 0 Å². The minimum absolute atomic E-state index is 0.242. The van der Waals surface area contributed by atoms with Gasteiger partial charge in [0.05, 0.1) is 18.5 Å². The van der Waals surface area contributed by atoms with Gasteiger partial charge in [0.1, 0.15) is 12.3 Å². The molecule has 0 aliphatic rings. The first-order valence-corrected chi connectivity index (χ1v) is 9.71. The van der Waals surface area contributed by atoms with Gasteiger partial charge in [-0.25, -0.2) is 4.68 Å². The van der Waals surface area contributed by atoms with E-state index in [9.17, 15) is 9.59 Å². The fraction of sp³-hybridized carbons (Fsp3) is 0.167. The minimum Gasteiger partial charge on any atom is -0.493 e. The molecular weight excluding hydrogens is 394 g/mol. The number of benzene rings is 2. The van der Waals surface area contributed by atoms with Gasteiger partial charge in [-0.05, 0) is 42.8 Å². The van der Waals surface area contributed by atoms with Gasteiger partial charge in [0.25, 0.3) is 5.56 Å². The lowest BCUT2D eigenvalue weighted by Crippen LogP contribution is -2.22. The lowest BCUT2D eigenvalue weighted by atomic mass is 10.2. The summed E-state index contributed by atoms with van der Waals surface area (Å²) in [6.45, 7) is 5.77. The number of hydrogen-bond acceptors (Lipinski definition) is 4. The van der Waals surface area contributed by atoms with Crippen molar-refractivity contribution >= 4 is 17.7 Å². The van der Waals surface area contributed by atoms with Crippen LogP contribution < -0.4 is 20.3 Å². The van der Waals surface area contributed by atoms with Gasteiger partial charge < -0.3 is 14.8 Å². The first kappa shape index (κ1) is 21.7. The van der Waals surface area contributed by atoms with E-state index in [-0.39, 0.29) is 11.2 Å². The molecule has 3 rings (SSSR count). The zero-order chi connectivity index (χ0) is 22.4. The van der Waals surface area contributed by atoms with Crippen LogP contribution in [0, 0.1) is 6.92 Å². The number of amides is 1. The van der Waals surface area contributed by atoms with Crippen molar-refractivity contribution in [2.24, 2.45) is 7.05 Å². The van der Waals surface area contributed by atoms with E-state index in [1.54, 1.807) is 56.1 Å². The van der Waals surface area contributed by atoms with Crippen molar-refractivity contribution in [3.63, 3.8) is 0 Å². The Labute approximate surface area is 180 Å². The van der Waals surface area contributed by atoms with Gasteiger partial charge in [-0.2, -0.15) is 0 Å². The molecule has 7 heteroatoms. The van der Waals surface area contributed by atoms with E-state index in [0.29, 0.717) is 23.8 Å². The second-order valence-corrected chi connectivity index (χ2v) is 6.77. The quantitative estimate of drug-likeness (QED) is 0.446. The summed E-state index contributed by atoms with van der Waals surface area (Å²) in [5.74, 6) is 0.733. The number of nitrogens with zero attached hydrogens (tertiary/aromatic N) is 2. The van der Waals surface area contributed by atoms with E-state index >= 15 is 0 Å². The van der Waals surface area contributed by atoms with E-state index in [1.165, 1.54) is 10.8 Å². The van der Waals surface area contributed by atoms with Crippen molar-refractivity contribution < 1.29 is 14.3 Å². The van der Waals surface area contributed by atoms with Crippen LogP contribution in [-0.2, 0) is 11.8 Å². The summed E-state index contributed by atoms with van der Waals surface area (Å²) < 4.78 is 14.1. The highest BCUT2D eigenvalue weighted by atomic mass is 16.5. The smallest absolute Gasteiger partial charge is 0.295 e. The Morgan fingerprint density at radius 3 is 2.58 bits per heavy atom. The van der Waals surface area contributed by atoms with Gasteiger partial charge in [-0.1, -0.05) is 36.9 Å². The summed E-state index contributed by atoms with van der Waals surface area (Å²) in [4.78, 5) is 25.4. The zero-order valence-electron chi connectivity index (χ0n) is 17.8. The van der Waals surface area contributed by atoms with Crippen molar-refractivity contribution in [3.05, 3.63) is 88.9 Å². The maximum absolute atomic E-state index is 12.9. The summed E-state index contributed by atoms with van der Waals surface area (Å²) in [7, 11) is 3.32. The van der Waals surface area contributed by atoms with E-state index in [4.69, 9.17) is 9.47 Å². The zero-order valence-corrected chi connectivity index (χ0v) is 17.8. The molecule has 160 valence electrons. The molecule has 3 aromatic rings. The third kappa shape index (κ3) is 4.78. The number of aromatic nitrogens is 2. The predicted octanol–water partition coefficient (Wildman–Crippen LogP) is 3.71. The standard InChI is InChI=1S/C24H25N3O4/c1-5-15-31-20-13-11-18(16-21(20)30-4)12-14-22(28)25-23-17(2)26(3)27(24(23)29)19-9-7-6-8-10-19/h5-14,16H,1,15H2,2-4H3,(H,25,28)/b14-12+. The summed E-state index contributed by atoms with van der Waals surface area (Å²) in [5.41, 5.74) is 2.08. The van der Waals surface area contributed by atoms with E-state index < -0.39 is 5.91 Å². The molecule has 0 saturated carbocycles. The summed E-state index contributed by atoms with van der Waals surface area (Å²) in [6, 6.07) is 14.6. The first-order chi connectivity index (χ1) is 15.0. The van der Waals surface area contributed by atoms with Crippen LogP contribution in [0.15, 0.2) is 72.1 Å². The Kier molecular flexibility index (Phi) is 6.77. The molecule has 0 bridgehead atoms. The van der Waals surface area contributed by atoms with Crippen molar-refractivity contribution in [1.29, 1.82) is 0 Å². The maximum atomic E-state index is 12.9. The van der Waals surface area contributed by atoms with Gasteiger partial charge in [-0.15, -0.1) is 0 Å². The molecule has 31 heavy (non-hydrogen) atoms. The van der Waals surface area contributed by atoms with Crippen LogP contribution >= 0.6 is 0 Å². The van der Waals surface area contributed by atoms with E-state index in [1.807, 2.05) is 30.3 Å². The highest BCUT2D eigenvalue weighted by Gasteiger charge is 2.17. The topological polar surface area (TPSA) is 74.5 Å².